The largest absolute Gasteiger partial charge is 0.463 e. The minimum Gasteiger partial charge on any atom is -0.463 e. The Morgan fingerprint density at radius 1 is 1.38 bits per heavy atom. The molecule has 24 heavy (non-hydrogen) atoms. The van der Waals surface area contributed by atoms with Gasteiger partial charge in [0.1, 0.15) is 11.9 Å². The Hall–Kier alpha value is -2.54. The van der Waals surface area contributed by atoms with Crippen molar-refractivity contribution in [1.82, 2.24) is 10.3 Å². The number of aliphatic imine (C=N–C) groups is 1. The highest BCUT2D eigenvalue weighted by Crippen LogP contribution is 2.32. The molecule has 0 amide bonds. The number of hydrogen-bond acceptors (Lipinski definition) is 6. The molecule has 1 aromatic carbocycles. The maximum absolute atomic E-state index is 13.2. The lowest BCUT2D eigenvalue weighted by Crippen LogP contribution is -2.32. The van der Waals surface area contributed by atoms with Crippen molar-refractivity contribution in [2.45, 2.75) is 19.9 Å². The van der Waals surface area contributed by atoms with E-state index in [2.05, 4.69) is 15.3 Å². The summed E-state index contributed by atoms with van der Waals surface area (Å²) >= 11 is 1.45. The number of carbonyl (C=O) groups is 1. The van der Waals surface area contributed by atoms with Crippen LogP contribution in [0.3, 0.4) is 0 Å². The number of thiazole rings is 1. The number of esters is 1. The molecule has 1 atom stereocenters. The number of aromatic nitrogens is 1. The SMILES string of the molecule is CCOC(=O)C1=C(C)NC(c2nccs2)=NC1c1ccc(F)cc1. The maximum atomic E-state index is 13.2. The summed E-state index contributed by atoms with van der Waals surface area (Å²) in [5.74, 6) is -0.182. The molecule has 0 bridgehead atoms. The number of allylic oxidation sites excluding steroid dienone is 1. The molecule has 5 nitrogen and oxygen atoms in total. The monoisotopic (exact) mass is 345 g/mol. The number of carbonyl (C=O) groups excluding carboxylic acids is 1. The molecule has 0 aliphatic carbocycles. The lowest BCUT2D eigenvalue weighted by atomic mass is 9.96. The minimum atomic E-state index is -0.565. The molecular weight excluding hydrogens is 329 g/mol. The fraction of sp³-hybridized carbons (Fsp3) is 0.235. The molecule has 1 aliphatic heterocycles. The number of amidine groups is 1. The molecule has 124 valence electrons. The van der Waals surface area contributed by atoms with Crippen LogP contribution in [0.5, 0.6) is 0 Å². The summed E-state index contributed by atoms with van der Waals surface area (Å²) in [5.41, 5.74) is 1.79. The van der Waals surface area contributed by atoms with Gasteiger partial charge in [-0.2, -0.15) is 0 Å². The molecule has 1 unspecified atom stereocenters. The van der Waals surface area contributed by atoms with E-state index in [1.165, 1.54) is 23.5 Å². The number of rotatable bonds is 4. The Balaban J connectivity index is 2.06. The third-order valence-corrected chi connectivity index (χ3v) is 4.34. The normalized spacial score (nSPS) is 17.3. The summed E-state index contributed by atoms with van der Waals surface area (Å²) < 4.78 is 18.4. The summed E-state index contributed by atoms with van der Waals surface area (Å²) in [4.78, 5) is 21.3. The Kier molecular flexibility index (Phi) is 4.71. The quantitative estimate of drug-likeness (QED) is 0.864. The average Bonchev–Trinajstić information content (AvgIpc) is 3.09. The van der Waals surface area contributed by atoms with Crippen molar-refractivity contribution < 1.29 is 13.9 Å². The topological polar surface area (TPSA) is 63.6 Å². The van der Waals surface area contributed by atoms with E-state index < -0.39 is 12.0 Å². The second-order valence-corrected chi connectivity index (χ2v) is 6.05. The standard InChI is InChI=1S/C17H16FN3O2S/c1-3-23-17(22)13-10(2)20-15(16-19-8-9-24-16)21-14(13)11-4-6-12(18)7-5-11/h4-9,14H,3H2,1-2H3,(H,20,21). The molecule has 2 aromatic rings. The van der Waals surface area contributed by atoms with Gasteiger partial charge in [-0.25, -0.2) is 14.2 Å². The summed E-state index contributed by atoms with van der Waals surface area (Å²) in [6.45, 7) is 3.82. The second kappa shape index (κ2) is 6.92. The van der Waals surface area contributed by atoms with Gasteiger partial charge in [-0.15, -0.1) is 11.3 Å². The van der Waals surface area contributed by atoms with Crippen molar-refractivity contribution in [2.75, 3.05) is 6.61 Å². The van der Waals surface area contributed by atoms with Crippen molar-refractivity contribution in [1.29, 1.82) is 0 Å². The Bertz CT molecular complexity index is 798. The lowest BCUT2D eigenvalue weighted by molar-refractivity contribution is -0.138. The zero-order chi connectivity index (χ0) is 17.1. The number of ether oxygens (including phenoxy) is 1. The Morgan fingerprint density at radius 3 is 2.75 bits per heavy atom. The smallest absolute Gasteiger partial charge is 0.338 e. The van der Waals surface area contributed by atoms with Crippen LogP contribution in [-0.2, 0) is 9.53 Å². The average molecular weight is 345 g/mol. The van der Waals surface area contributed by atoms with E-state index in [-0.39, 0.29) is 12.4 Å². The van der Waals surface area contributed by atoms with E-state index in [1.54, 1.807) is 32.2 Å². The van der Waals surface area contributed by atoms with E-state index in [4.69, 9.17) is 4.74 Å². The number of halogens is 1. The van der Waals surface area contributed by atoms with Crippen molar-refractivity contribution in [3.8, 4) is 0 Å². The van der Waals surface area contributed by atoms with Crippen LogP contribution in [0.25, 0.3) is 0 Å². The van der Waals surface area contributed by atoms with Gasteiger partial charge in [0.15, 0.2) is 10.8 Å². The Morgan fingerprint density at radius 2 is 2.12 bits per heavy atom. The first-order valence-electron chi connectivity index (χ1n) is 7.48. The molecule has 0 spiro atoms. The van der Waals surface area contributed by atoms with E-state index in [0.29, 0.717) is 22.7 Å². The molecule has 2 heterocycles. The van der Waals surface area contributed by atoms with Gasteiger partial charge in [-0.1, -0.05) is 12.1 Å². The van der Waals surface area contributed by atoms with E-state index >= 15 is 0 Å². The maximum Gasteiger partial charge on any atom is 0.338 e. The van der Waals surface area contributed by atoms with Crippen LogP contribution < -0.4 is 5.32 Å². The molecule has 7 heteroatoms. The van der Waals surface area contributed by atoms with Crippen molar-refractivity contribution >= 4 is 23.1 Å². The second-order valence-electron chi connectivity index (χ2n) is 5.15. The predicted molar refractivity (Wildman–Crippen MR) is 90.3 cm³/mol. The molecule has 0 fully saturated rings. The predicted octanol–water partition coefficient (Wildman–Crippen LogP) is 3.21. The van der Waals surface area contributed by atoms with Crippen LogP contribution in [0.15, 0.2) is 52.1 Å². The van der Waals surface area contributed by atoms with Crippen LogP contribution in [0, 0.1) is 5.82 Å². The van der Waals surface area contributed by atoms with Crippen LogP contribution in [0.2, 0.25) is 0 Å². The summed E-state index contributed by atoms with van der Waals surface area (Å²) in [6, 6.07) is 5.40. The summed E-state index contributed by atoms with van der Waals surface area (Å²) in [6.07, 6.45) is 1.69. The van der Waals surface area contributed by atoms with E-state index in [1.807, 2.05) is 5.38 Å². The molecule has 1 N–H and O–H groups in total. The van der Waals surface area contributed by atoms with Crippen molar-refractivity contribution in [3.63, 3.8) is 0 Å². The zero-order valence-electron chi connectivity index (χ0n) is 13.2. The molecule has 3 rings (SSSR count). The lowest BCUT2D eigenvalue weighted by Gasteiger charge is -2.25. The van der Waals surface area contributed by atoms with Crippen molar-refractivity contribution in [3.05, 3.63) is 63.5 Å². The highest BCUT2D eigenvalue weighted by Gasteiger charge is 2.31. The number of hydrogen-bond donors (Lipinski definition) is 1. The summed E-state index contributed by atoms with van der Waals surface area (Å²) in [5, 5.41) is 5.70. The number of nitrogens with zero attached hydrogens (tertiary/aromatic N) is 2. The highest BCUT2D eigenvalue weighted by atomic mass is 32.1. The van der Waals surface area contributed by atoms with E-state index in [9.17, 15) is 9.18 Å². The van der Waals surface area contributed by atoms with Gasteiger partial charge in [-0.3, -0.25) is 4.99 Å². The molecular formula is C17H16FN3O2S. The van der Waals surface area contributed by atoms with Crippen LogP contribution in [0.4, 0.5) is 4.39 Å². The van der Waals surface area contributed by atoms with E-state index in [0.717, 1.165) is 5.01 Å². The zero-order valence-corrected chi connectivity index (χ0v) is 14.1. The van der Waals surface area contributed by atoms with Gasteiger partial charge in [0.05, 0.1) is 12.2 Å². The molecule has 0 saturated carbocycles. The third kappa shape index (κ3) is 3.21. The summed E-state index contributed by atoms with van der Waals surface area (Å²) in [7, 11) is 0. The fourth-order valence-electron chi connectivity index (χ4n) is 2.48. The van der Waals surface area contributed by atoms with Gasteiger partial charge in [0.25, 0.3) is 0 Å². The first kappa shape index (κ1) is 16.3. The Labute approximate surface area is 142 Å². The molecule has 1 aromatic heterocycles. The molecule has 0 saturated heterocycles. The van der Waals surface area contributed by atoms with Gasteiger partial charge < -0.3 is 10.1 Å². The van der Waals surface area contributed by atoms with Crippen LogP contribution >= 0.6 is 11.3 Å². The first-order valence-corrected chi connectivity index (χ1v) is 8.36. The minimum absolute atomic E-state index is 0.273. The van der Waals surface area contributed by atoms with Crippen LogP contribution in [0.1, 0.15) is 30.5 Å². The molecule has 0 radical (unpaired) electrons. The van der Waals surface area contributed by atoms with Gasteiger partial charge >= 0.3 is 5.97 Å². The van der Waals surface area contributed by atoms with Gasteiger partial charge in [0.2, 0.25) is 0 Å². The molecule has 1 aliphatic rings. The van der Waals surface area contributed by atoms with Gasteiger partial charge in [0, 0.05) is 17.3 Å². The first-order chi connectivity index (χ1) is 11.6. The fourth-order valence-corrected chi connectivity index (χ4v) is 3.07. The van der Waals surface area contributed by atoms with Crippen LogP contribution in [-0.4, -0.2) is 23.4 Å². The van der Waals surface area contributed by atoms with Gasteiger partial charge in [-0.05, 0) is 31.5 Å². The highest BCUT2D eigenvalue weighted by molar-refractivity contribution is 7.11. The number of benzene rings is 1. The number of nitrogens with one attached hydrogen (secondary N) is 1. The van der Waals surface area contributed by atoms with Crippen molar-refractivity contribution in [2.24, 2.45) is 4.99 Å². The third-order valence-electron chi connectivity index (χ3n) is 3.56.